The molecule has 0 bridgehead atoms. The van der Waals surface area contributed by atoms with Crippen LogP contribution in [0.5, 0.6) is 0 Å². The second kappa shape index (κ2) is 7.51. The topological polar surface area (TPSA) is 24.5 Å². The van der Waals surface area contributed by atoms with Crippen LogP contribution in [0.3, 0.4) is 0 Å². The Kier molecular flexibility index (Phi) is 5.67. The van der Waals surface area contributed by atoms with Gasteiger partial charge in [0.1, 0.15) is 0 Å². The first kappa shape index (κ1) is 14.4. The van der Waals surface area contributed by atoms with Gasteiger partial charge in [-0.1, -0.05) is 18.6 Å². The summed E-state index contributed by atoms with van der Waals surface area (Å²) in [6, 6.07) is 9.25. The van der Waals surface area contributed by atoms with Gasteiger partial charge >= 0.3 is 0 Å². The number of nitrogens with zero attached hydrogens (tertiary/aromatic N) is 1. The fourth-order valence-electron chi connectivity index (χ4n) is 2.48. The summed E-state index contributed by atoms with van der Waals surface area (Å²) >= 11 is 0. The maximum Gasteiger partial charge on any atom is 0.0716 e. The van der Waals surface area contributed by atoms with Crippen molar-refractivity contribution >= 4 is 5.69 Å². The minimum absolute atomic E-state index is 0.671. The van der Waals surface area contributed by atoms with Gasteiger partial charge in [0.05, 0.1) is 6.61 Å². The minimum atomic E-state index is 0.671. The van der Waals surface area contributed by atoms with E-state index in [2.05, 4.69) is 48.6 Å². The molecule has 3 heteroatoms. The lowest BCUT2D eigenvalue weighted by molar-refractivity contribution is 0.108. The molecule has 1 atom stereocenters. The van der Waals surface area contributed by atoms with E-state index in [4.69, 9.17) is 4.74 Å². The van der Waals surface area contributed by atoms with Crippen LogP contribution in [0.25, 0.3) is 0 Å². The fraction of sp³-hybridized carbons (Fsp3) is 0.625. The van der Waals surface area contributed by atoms with Crippen molar-refractivity contribution in [1.82, 2.24) is 5.32 Å². The number of anilines is 1. The number of hydrogen-bond donors (Lipinski definition) is 1. The van der Waals surface area contributed by atoms with E-state index < -0.39 is 0 Å². The third-order valence-corrected chi connectivity index (χ3v) is 3.74. The normalized spacial score (nSPS) is 19.4. The Morgan fingerprint density at radius 2 is 2.00 bits per heavy atom. The Hall–Kier alpha value is -1.06. The van der Waals surface area contributed by atoms with Crippen molar-refractivity contribution in [2.75, 3.05) is 32.1 Å². The van der Waals surface area contributed by atoms with Crippen LogP contribution in [-0.2, 0) is 11.3 Å². The van der Waals surface area contributed by atoms with Crippen molar-refractivity contribution in [2.45, 2.75) is 38.3 Å². The average Bonchev–Trinajstić information content (AvgIpc) is 2.45. The number of ether oxygens (including phenoxy) is 1. The molecular formula is C16H26N2O. The molecular weight excluding hydrogens is 236 g/mol. The fourth-order valence-corrected chi connectivity index (χ4v) is 2.48. The van der Waals surface area contributed by atoms with Gasteiger partial charge in [-0.25, -0.2) is 0 Å². The highest BCUT2D eigenvalue weighted by Gasteiger charge is 2.11. The largest absolute Gasteiger partial charge is 0.378 e. The van der Waals surface area contributed by atoms with Crippen LogP contribution in [-0.4, -0.2) is 33.3 Å². The summed E-state index contributed by atoms with van der Waals surface area (Å²) in [6.45, 7) is 2.75. The van der Waals surface area contributed by atoms with Gasteiger partial charge in [-0.2, -0.15) is 0 Å². The summed E-state index contributed by atoms with van der Waals surface area (Å²) in [5.41, 5.74) is 2.48. The Morgan fingerprint density at radius 1 is 1.21 bits per heavy atom. The Bertz CT molecular complexity index is 356. The molecule has 1 heterocycles. The first-order valence-electron chi connectivity index (χ1n) is 7.33. The first-order chi connectivity index (χ1) is 9.25. The molecule has 1 aliphatic heterocycles. The number of benzene rings is 1. The number of rotatable bonds is 6. The van der Waals surface area contributed by atoms with Crippen LogP contribution in [0.15, 0.2) is 24.3 Å². The summed E-state index contributed by atoms with van der Waals surface area (Å²) in [7, 11) is 4.12. The molecule has 19 heavy (non-hydrogen) atoms. The molecule has 1 fully saturated rings. The van der Waals surface area contributed by atoms with E-state index >= 15 is 0 Å². The maximum atomic E-state index is 5.77. The molecule has 106 valence electrons. The predicted molar refractivity (Wildman–Crippen MR) is 80.7 cm³/mol. The highest BCUT2D eigenvalue weighted by Crippen LogP contribution is 2.14. The summed E-state index contributed by atoms with van der Waals surface area (Å²) < 4.78 is 5.77. The van der Waals surface area contributed by atoms with Gasteiger partial charge < -0.3 is 15.0 Å². The monoisotopic (exact) mass is 262 g/mol. The van der Waals surface area contributed by atoms with E-state index in [1.165, 1.54) is 37.1 Å². The number of nitrogens with one attached hydrogen (secondary N) is 1. The first-order valence-corrected chi connectivity index (χ1v) is 7.33. The highest BCUT2D eigenvalue weighted by atomic mass is 16.5. The summed E-state index contributed by atoms with van der Waals surface area (Å²) in [4.78, 5) is 2.11. The van der Waals surface area contributed by atoms with Crippen LogP contribution >= 0.6 is 0 Å². The van der Waals surface area contributed by atoms with Gasteiger partial charge in [-0.3, -0.25) is 0 Å². The predicted octanol–water partition coefficient (Wildman–Crippen LogP) is 2.80. The molecule has 1 unspecified atom stereocenters. The average molecular weight is 262 g/mol. The summed E-state index contributed by atoms with van der Waals surface area (Å²) in [5, 5.41) is 3.55. The molecule has 0 spiro atoms. The quantitative estimate of drug-likeness (QED) is 0.798. The molecule has 1 aliphatic rings. The maximum absolute atomic E-state index is 5.77. The molecule has 0 radical (unpaired) electrons. The molecule has 1 saturated heterocycles. The zero-order valence-corrected chi connectivity index (χ0v) is 12.2. The third kappa shape index (κ3) is 4.84. The third-order valence-electron chi connectivity index (χ3n) is 3.74. The molecule has 0 aromatic heterocycles. The van der Waals surface area contributed by atoms with E-state index in [1.807, 2.05) is 0 Å². The lowest BCUT2D eigenvalue weighted by Crippen LogP contribution is -2.34. The van der Waals surface area contributed by atoms with Gasteiger partial charge in [0.15, 0.2) is 0 Å². The van der Waals surface area contributed by atoms with Crippen molar-refractivity contribution < 1.29 is 4.74 Å². The standard InChI is InChI=1S/C16H26N2O/c1-18(2)16-8-6-14(7-9-16)13-19-12-10-15-5-3-4-11-17-15/h6-9,15,17H,3-5,10-13H2,1-2H3. The van der Waals surface area contributed by atoms with Gasteiger partial charge in [-0.15, -0.1) is 0 Å². The molecule has 0 aliphatic carbocycles. The molecule has 1 aromatic carbocycles. The van der Waals surface area contributed by atoms with Gasteiger partial charge in [0.2, 0.25) is 0 Å². The Morgan fingerprint density at radius 3 is 2.63 bits per heavy atom. The molecule has 3 nitrogen and oxygen atoms in total. The highest BCUT2D eigenvalue weighted by molar-refractivity contribution is 5.45. The van der Waals surface area contributed by atoms with Gasteiger partial charge in [0, 0.05) is 32.4 Å². The van der Waals surface area contributed by atoms with Crippen molar-refractivity contribution in [3.63, 3.8) is 0 Å². The van der Waals surface area contributed by atoms with Crippen LogP contribution < -0.4 is 10.2 Å². The molecule has 2 rings (SSSR count). The lowest BCUT2D eigenvalue weighted by atomic mass is 10.0. The summed E-state index contributed by atoms with van der Waals surface area (Å²) in [6.07, 6.45) is 5.13. The van der Waals surface area contributed by atoms with Crippen molar-refractivity contribution in [2.24, 2.45) is 0 Å². The van der Waals surface area contributed by atoms with E-state index in [9.17, 15) is 0 Å². The Labute approximate surface area is 116 Å². The second-order valence-electron chi connectivity index (χ2n) is 5.55. The smallest absolute Gasteiger partial charge is 0.0716 e. The van der Waals surface area contributed by atoms with Crippen molar-refractivity contribution in [1.29, 1.82) is 0 Å². The SMILES string of the molecule is CN(C)c1ccc(COCCC2CCCCN2)cc1. The van der Waals surface area contributed by atoms with Crippen LogP contribution in [0.2, 0.25) is 0 Å². The van der Waals surface area contributed by atoms with E-state index in [1.54, 1.807) is 0 Å². The minimum Gasteiger partial charge on any atom is -0.378 e. The molecule has 0 amide bonds. The second-order valence-corrected chi connectivity index (χ2v) is 5.55. The van der Waals surface area contributed by atoms with Crippen LogP contribution in [0, 0.1) is 0 Å². The van der Waals surface area contributed by atoms with E-state index in [0.717, 1.165) is 19.6 Å². The van der Waals surface area contributed by atoms with Gasteiger partial charge in [-0.05, 0) is 43.5 Å². The molecule has 1 N–H and O–H groups in total. The lowest BCUT2D eigenvalue weighted by Gasteiger charge is -2.23. The van der Waals surface area contributed by atoms with Gasteiger partial charge in [0.25, 0.3) is 0 Å². The van der Waals surface area contributed by atoms with E-state index in [0.29, 0.717) is 6.04 Å². The van der Waals surface area contributed by atoms with E-state index in [-0.39, 0.29) is 0 Å². The van der Waals surface area contributed by atoms with Crippen LogP contribution in [0.1, 0.15) is 31.2 Å². The summed E-state index contributed by atoms with van der Waals surface area (Å²) in [5.74, 6) is 0. The zero-order chi connectivity index (χ0) is 13.5. The molecule has 0 saturated carbocycles. The molecule has 1 aromatic rings. The van der Waals surface area contributed by atoms with Crippen LogP contribution in [0.4, 0.5) is 5.69 Å². The number of hydrogen-bond acceptors (Lipinski definition) is 3. The number of piperidine rings is 1. The zero-order valence-electron chi connectivity index (χ0n) is 12.2. The van der Waals surface area contributed by atoms with Crippen molar-refractivity contribution in [3.05, 3.63) is 29.8 Å². The van der Waals surface area contributed by atoms with Crippen molar-refractivity contribution in [3.8, 4) is 0 Å². The Balaban J connectivity index is 1.64.